The van der Waals surface area contributed by atoms with Gasteiger partial charge in [-0.3, -0.25) is 4.79 Å². The molecule has 0 aliphatic heterocycles. The number of anilines is 1. The Bertz CT molecular complexity index is 909. The molecular formula is C18H15F2N3O2. The number of hydrogen-bond acceptors (Lipinski definition) is 3. The van der Waals surface area contributed by atoms with Gasteiger partial charge in [-0.05, 0) is 48.9 Å². The van der Waals surface area contributed by atoms with Gasteiger partial charge in [0.2, 0.25) is 0 Å². The van der Waals surface area contributed by atoms with Crippen LogP contribution < -0.4 is 10.1 Å². The largest absolute Gasteiger partial charge is 0.468 e. The van der Waals surface area contributed by atoms with E-state index in [1.165, 1.54) is 41.1 Å². The fraction of sp³-hybridized carbons (Fsp3) is 0.111. The number of rotatable bonds is 5. The third-order valence-electron chi connectivity index (χ3n) is 3.50. The molecule has 0 fully saturated rings. The van der Waals surface area contributed by atoms with Crippen molar-refractivity contribution in [1.29, 1.82) is 0 Å². The number of amides is 1. The highest BCUT2D eigenvalue weighted by Gasteiger charge is 2.12. The number of aryl methyl sites for hydroxylation is 1. The minimum absolute atomic E-state index is 0.0379. The third-order valence-corrected chi connectivity index (χ3v) is 3.50. The van der Waals surface area contributed by atoms with Crippen molar-refractivity contribution in [2.24, 2.45) is 0 Å². The molecule has 0 spiro atoms. The summed E-state index contributed by atoms with van der Waals surface area (Å²) in [7, 11) is 0. The molecule has 0 saturated heterocycles. The second-order valence-corrected chi connectivity index (χ2v) is 5.36. The predicted octanol–water partition coefficient (Wildman–Crippen LogP) is 3.76. The van der Waals surface area contributed by atoms with Crippen molar-refractivity contribution < 1.29 is 18.3 Å². The Kier molecular flexibility index (Phi) is 4.74. The quantitative estimate of drug-likeness (QED) is 0.767. The number of halogens is 2. The van der Waals surface area contributed by atoms with Crippen LogP contribution in [0.1, 0.15) is 16.1 Å². The average Bonchev–Trinajstić information content (AvgIpc) is 3.06. The summed E-state index contributed by atoms with van der Waals surface area (Å²) in [6.45, 7) is 1.66. The Hall–Kier alpha value is -3.22. The first kappa shape index (κ1) is 16.6. The lowest BCUT2D eigenvalue weighted by Gasteiger charge is -2.08. The van der Waals surface area contributed by atoms with Crippen LogP contribution in [-0.2, 0) is 6.73 Å². The van der Waals surface area contributed by atoms with E-state index in [4.69, 9.17) is 4.74 Å². The summed E-state index contributed by atoms with van der Waals surface area (Å²) >= 11 is 0. The molecule has 0 unspecified atom stereocenters. The Balaban J connectivity index is 1.64. The molecule has 1 heterocycles. The predicted molar refractivity (Wildman–Crippen MR) is 88.3 cm³/mol. The zero-order valence-electron chi connectivity index (χ0n) is 13.4. The molecule has 0 saturated carbocycles. The summed E-state index contributed by atoms with van der Waals surface area (Å²) < 4.78 is 33.3. The van der Waals surface area contributed by atoms with E-state index in [0.29, 0.717) is 11.3 Å². The van der Waals surface area contributed by atoms with Crippen molar-refractivity contribution in [2.75, 3.05) is 5.32 Å². The van der Waals surface area contributed by atoms with Gasteiger partial charge in [-0.2, -0.15) is 5.10 Å². The van der Waals surface area contributed by atoms with Crippen LogP contribution in [0.5, 0.6) is 5.75 Å². The maximum Gasteiger partial charge on any atom is 0.276 e. The standard InChI is InChI=1S/C18H15F2N3O2/c1-12-10-13(19)6-7-15(12)21-18(24)16-8-9-23(22-16)11-25-17-5-3-2-4-14(17)20/h2-10H,11H2,1H3,(H,21,24). The maximum atomic E-state index is 13.5. The van der Waals surface area contributed by atoms with Gasteiger partial charge in [0.15, 0.2) is 24.0 Å². The molecule has 0 atom stereocenters. The Morgan fingerprint density at radius 3 is 2.76 bits per heavy atom. The number of ether oxygens (including phenoxy) is 1. The monoisotopic (exact) mass is 343 g/mol. The highest BCUT2D eigenvalue weighted by molar-refractivity contribution is 6.03. The van der Waals surface area contributed by atoms with Gasteiger partial charge in [0, 0.05) is 11.9 Å². The number of para-hydroxylation sites is 1. The van der Waals surface area contributed by atoms with Crippen molar-refractivity contribution in [3.05, 3.63) is 77.6 Å². The normalized spacial score (nSPS) is 10.5. The van der Waals surface area contributed by atoms with Crippen molar-refractivity contribution >= 4 is 11.6 Å². The van der Waals surface area contributed by atoms with Crippen molar-refractivity contribution in [2.45, 2.75) is 13.7 Å². The minimum Gasteiger partial charge on any atom is -0.468 e. The van der Waals surface area contributed by atoms with E-state index in [-0.39, 0.29) is 24.0 Å². The molecule has 3 aromatic rings. The van der Waals surface area contributed by atoms with Gasteiger partial charge < -0.3 is 10.1 Å². The summed E-state index contributed by atoms with van der Waals surface area (Å²) in [6.07, 6.45) is 1.55. The molecule has 1 N–H and O–H groups in total. The van der Waals surface area contributed by atoms with E-state index in [0.717, 1.165) is 0 Å². The van der Waals surface area contributed by atoms with Gasteiger partial charge in [0.25, 0.3) is 5.91 Å². The number of hydrogen-bond donors (Lipinski definition) is 1. The first-order chi connectivity index (χ1) is 12.0. The molecule has 3 rings (SSSR count). The summed E-state index contributed by atoms with van der Waals surface area (Å²) in [5.41, 5.74) is 1.28. The second kappa shape index (κ2) is 7.12. The summed E-state index contributed by atoms with van der Waals surface area (Å²) in [6, 6.07) is 11.6. The van der Waals surface area contributed by atoms with Crippen LogP contribution in [0.25, 0.3) is 0 Å². The lowest BCUT2D eigenvalue weighted by Crippen LogP contribution is -2.15. The zero-order valence-corrected chi connectivity index (χ0v) is 13.4. The van der Waals surface area contributed by atoms with E-state index >= 15 is 0 Å². The van der Waals surface area contributed by atoms with Gasteiger partial charge in [-0.25, -0.2) is 13.5 Å². The molecular weight excluding hydrogens is 328 g/mol. The molecule has 1 amide bonds. The Morgan fingerprint density at radius 2 is 2.00 bits per heavy atom. The molecule has 0 bridgehead atoms. The molecule has 2 aromatic carbocycles. The second-order valence-electron chi connectivity index (χ2n) is 5.36. The van der Waals surface area contributed by atoms with Gasteiger partial charge in [-0.15, -0.1) is 0 Å². The topological polar surface area (TPSA) is 56.2 Å². The zero-order chi connectivity index (χ0) is 17.8. The Morgan fingerprint density at radius 1 is 1.20 bits per heavy atom. The number of aromatic nitrogens is 2. The SMILES string of the molecule is Cc1cc(F)ccc1NC(=O)c1ccn(COc2ccccc2F)n1. The summed E-state index contributed by atoms with van der Waals surface area (Å²) in [5.74, 6) is -1.17. The van der Waals surface area contributed by atoms with Crippen LogP contribution in [0.15, 0.2) is 54.7 Å². The van der Waals surface area contributed by atoms with Crippen molar-refractivity contribution in [1.82, 2.24) is 9.78 Å². The average molecular weight is 343 g/mol. The third kappa shape index (κ3) is 4.00. The van der Waals surface area contributed by atoms with E-state index in [1.807, 2.05) is 0 Å². The molecule has 0 aliphatic carbocycles. The van der Waals surface area contributed by atoms with Crippen LogP contribution in [0.3, 0.4) is 0 Å². The van der Waals surface area contributed by atoms with E-state index < -0.39 is 11.7 Å². The Labute approximate surface area is 142 Å². The molecule has 5 nitrogen and oxygen atoms in total. The van der Waals surface area contributed by atoms with Gasteiger partial charge in [0.05, 0.1) is 0 Å². The summed E-state index contributed by atoms with van der Waals surface area (Å²) in [4.78, 5) is 12.2. The fourth-order valence-electron chi connectivity index (χ4n) is 2.21. The first-order valence-electron chi connectivity index (χ1n) is 7.51. The lowest BCUT2D eigenvalue weighted by atomic mass is 10.2. The van der Waals surface area contributed by atoms with Crippen LogP contribution in [0.4, 0.5) is 14.5 Å². The summed E-state index contributed by atoms with van der Waals surface area (Å²) in [5, 5.41) is 6.75. The van der Waals surface area contributed by atoms with Crippen LogP contribution in [-0.4, -0.2) is 15.7 Å². The highest BCUT2D eigenvalue weighted by atomic mass is 19.1. The van der Waals surface area contributed by atoms with Crippen LogP contribution >= 0.6 is 0 Å². The molecule has 128 valence electrons. The number of benzene rings is 2. The van der Waals surface area contributed by atoms with Gasteiger partial charge in [0.1, 0.15) is 5.82 Å². The highest BCUT2D eigenvalue weighted by Crippen LogP contribution is 2.17. The first-order valence-corrected chi connectivity index (χ1v) is 7.51. The molecule has 0 radical (unpaired) electrons. The number of carbonyl (C=O) groups excluding carboxylic acids is 1. The maximum absolute atomic E-state index is 13.5. The molecule has 0 aliphatic rings. The van der Waals surface area contributed by atoms with E-state index in [1.54, 1.807) is 25.3 Å². The van der Waals surface area contributed by atoms with Crippen molar-refractivity contribution in [3.63, 3.8) is 0 Å². The van der Waals surface area contributed by atoms with Crippen LogP contribution in [0.2, 0.25) is 0 Å². The number of nitrogens with one attached hydrogen (secondary N) is 1. The van der Waals surface area contributed by atoms with Crippen LogP contribution in [0, 0.1) is 18.6 Å². The molecule has 1 aromatic heterocycles. The fourth-order valence-corrected chi connectivity index (χ4v) is 2.21. The van der Waals surface area contributed by atoms with Crippen molar-refractivity contribution in [3.8, 4) is 5.75 Å². The lowest BCUT2D eigenvalue weighted by molar-refractivity contribution is 0.102. The number of nitrogens with zero attached hydrogens (tertiary/aromatic N) is 2. The van der Waals surface area contributed by atoms with E-state index in [2.05, 4.69) is 10.4 Å². The van der Waals surface area contributed by atoms with E-state index in [9.17, 15) is 13.6 Å². The molecule has 25 heavy (non-hydrogen) atoms. The smallest absolute Gasteiger partial charge is 0.276 e. The van der Waals surface area contributed by atoms with Gasteiger partial charge >= 0.3 is 0 Å². The number of carbonyl (C=O) groups is 1. The minimum atomic E-state index is -0.473. The molecule has 7 heteroatoms. The van der Waals surface area contributed by atoms with Gasteiger partial charge in [-0.1, -0.05) is 12.1 Å².